The highest BCUT2D eigenvalue weighted by molar-refractivity contribution is 6.30. The molecule has 0 amide bonds. The first-order valence-corrected chi connectivity index (χ1v) is 6.89. The molecule has 3 heteroatoms. The average Bonchev–Trinajstić information content (AvgIpc) is 2.35. The van der Waals surface area contributed by atoms with Crippen LogP contribution in [-0.4, -0.2) is 5.97 Å². The summed E-state index contributed by atoms with van der Waals surface area (Å²) in [5, 5.41) is 0.693. The monoisotopic (exact) mass is 268 g/mol. The molecular formula is C15H21ClO2. The standard InChI is InChI=1S/C15H21ClO2/c1-3-4-5-12(2)10-15(17)18-11-13-6-8-14(16)9-7-13/h6-9,12H,3-5,10-11H2,1-2H3. The van der Waals surface area contributed by atoms with Gasteiger partial charge in [-0.25, -0.2) is 0 Å². The molecule has 1 aromatic rings. The SMILES string of the molecule is CCCCC(C)CC(=O)OCc1ccc(Cl)cc1. The Labute approximate surface area is 114 Å². The van der Waals surface area contributed by atoms with Crippen molar-refractivity contribution in [3.8, 4) is 0 Å². The van der Waals surface area contributed by atoms with Crippen molar-refractivity contribution < 1.29 is 9.53 Å². The van der Waals surface area contributed by atoms with Crippen LogP contribution in [-0.2, 0) is 16.1 Å². The normalized spacial score (nSPS) is 12.2. The number of hydrogen-bond donors (Lipinski definition) is 0. The molecule has 1 rings (SSSR count). The lowest BCUT2D eigenvalue weighted by Crippen LogP contribution is -2.09. The van der Waals surface area contributed by atoms with Gasteiger partial charge in [-0.05, 0) is 23.6 Å². The van der Waals surface area contributed by atoms with Gasteiger partial charge in [-0.1, -0.05) is 56.8 Å². The van der Waals surface area contributed by atoms with Gasteiger partial charge in [0.2, 0.25) is 0 Å². The third kappa shape index (κ3) is 6.06. The molecule has 0 heterocycles. The molecule has 100 valence electrons. The Bertz CT molecular complexity index is 359. The third-order valence-corrected chi connectivity index (χ3v) is 3.13. The van der Waals surface area contributed by atoms with Crippen molar-refractivity contribution in [1.29, 1.82) is 0 Å². The van der Waals surface area contributed by atoms with E-state index in [1.54, 1.807) is 12.1 Å². The highest BCUT2D eigenvalue weighted by Gasteiger charge is 2.10. The Morgan fingerprint density at radius 1 is 1.33 bits per heavy atom. The van der Waals surface area contributed by atoms with Gasteiger partial charge in [0, 0.05) is 11.4 Å². The Morgan fingerprint density at radius 3 is 2.61 bits per heavy atom. The van der Waals surface area contributed by atoms with E-state index in [4.69, 9.17) is 16.3 Å². The minimum atomic E-state index is -0.117. The molecule has 0 aliphatic heterocycles. The van der Waals surface area contributed by atoms with Gasteiger partial charge >= 0.3 is 5.97 Å². The predicted octanol–water partition coefficient (Wildman–Crippen LogP) is 4.60. The van der Waals surface area contributed by atoms with Crippen LogP contribution in [0.1, 0.15) is 45.1 Å². The minimum absolute atomic E-state index is 0.117. The van der Waals surface area contributed by atoms with Crippen LogP contribution in [0.5, 0.6) is 0 Å². The van der Waals surface area contributed by atoms with Crippen LogP contribution in [0.25, 0.3) is 0 Å². The highest BCUT2D eigenvalue weighted by atomic mass is 35.5. The molecule has 1 atom stereocenters. The zero-order chi connectivity index (χ0) is 13.4. The van der Waals surface area contributed by atoms with Crippen LogP contribution < -0.4 is 0 Å². The van der Waals surface area contributed by atoms with Crippen molar-refractivity contribution in [2.45, 2.75) is 46.1 Å². The highest BCUT2D eigenvalue weighted by Crippen LogP contribution is 2.14. The number of benzene rings is 1. The van der Waals surface area contributed by atoms with E-state index in [1.165, 1.54) is 12.8 Å². The summed E-state index contributed by atoms with van der Waals surface area (Å²) in [6, 6.07) is 7.34. The van der Waals surface area contributed by atoms with Gasteiger partial charge in [0.15, 0.2) is 0 Å². The smallest absolute Gasteiger partial charge is 0.306 e. The van der Waals surface area contributed by atoms with Crippen molar-refractivity contribution in [2.75, 3.05) is 0 Å². The van der Waals surface area contributed by atoms with Gasteiger partial charge in [0.1, 0.15) is 6.61 Å². The molecule has 0 bridgehead atoms. The predicted molar refractivity (Wildman–Crippen MR) is 74.6 cm³/mol. The molecular weight excluding hydrogens is 248 g/mol. The lowest BCUT2D eigenvalue weighted by molar-refractivity contribution is -0.146. The van der Waals surface area contributed by atoms with Crippen molar-refractivity contribution in [2.24, 2.45) is 5.92 Å². The summed E-state index contributed by atoms with van der Waals surface area (Å²) in [4.78, 5) is 11.6. The van der Waals surface area contributed by atoms with Crippen molar-refractivity contribution in [1.82, 2.24) is 0 Å². The molecule has 0 aliphatic carbocycles. The molecule has 18 heavy (non-hydrogen) atoms. The first kappa shape index (κ1) is 15.0. The first-order chi connectivity index (χ1) is 8.61. The number of rotatable bonds is 7. The molecule has 0 aromatic heterocycles. The van der Waals surface area contributed by atoms with Crippen LogP contribution in [0, 0.1) is 5.92 Å². The summed E-state index contributed by atoms with van der Waals surface area (Å²) in [6.07, 6.45) is 3.94. The Balaban J connectivity index is 2.26. The van der Waals surface area contributed by atoms with Crippen molar-refractivity contribution >= 4 is 17.6 Å². The van der Waals surface area contributed by atoms with Gasteiger partial charge in [-0.15, -0.1) is 0 Å². The van der Waals surface area contributed by atoms with Gasteiger partial charge in [0.25, 0.3) is 0 Å². The number of hydrogen-bond acceptors (Lipinski definition) is 2. The van der Waals surface area contributed by atoms with E-state index in [0.29, 0.717) is 24.0 Å². The number of carbonyl (C=O) groups is 1. The number of unbranched alkanes of at least 4 members (excludes halogenated alkanes) is 1. The quantitative estimate of drug-likeness (QED) is 0.676. The Kier molecular flexibility index (Phi) is 6.81. The van der Waals surface area contributed by atoms with Crippen molar-refractivity contribution in [3.05, 3.63) is 34.9 Å². The van der Waals surface area contributed by atoms with E-state index < -0.39 is 0 Å². The molecule has 1 aromatic carbocycles. The lowest BCUT2D eigenvalue weighted by Gasteiger charge is -2.10. The summed E-state index contributed by atoms with van der Waals surface area (Å²) >= 11 is 5.78. The Morgan fingerprint density at radius 2 is 2.00 bits per heavy atom. The van der Waals surface area contributed by atoms with Crippen molar-refractivity contribution in [3.63, 3.8) is 0 Å². The molecule has 2 nitrogen and oxygen atoms in total. The van der Waals surface area contributed by atoms with Gasteiger partial charge in [-0.2, -0.15) is 0 Å². The zero-order valence-corrected chi connectivity index (χ0v) is 11.9. The third-order valence-electron chi connectivity index (χ3n) is 2.88. The second kappa shape index (κ2) is 8.15. The number of halogens is 1. The second-order valence-corrected chi connectivity index (χ2v) is 5.18. The molecule has 1 unspecified atom stereocenters. The fourth-order valence-electron chi connectivity index (χ4n) is 1.74. The molecule has 0 spiro atoms. The average molecular weight is 269 g/mol. The van der Waals surface area contributed by atoms with E-state index >= 15 is 0 Å². The van der Waals surface area contributed by atoms with Crippen LogP contribution >= 0.6 is 11.6 Å². The fraction of sp³-hybridized carbons (Fsp3) is 0.533. The number of ether oxygens (including phenoxy) is 1. The van der Waals surface area contributed by atoms with E-state index in [-0.39, 0.29) is 5.97 Å². The summed E-state index contributed by atoms with van der Waals surface area (Å²) in [7, 11) is 0. The minimum Gasteiger partial charge on any atom is -0.461 e. The van der Waals surface area contributed by atoms with Crippen LogP contribution in [0.4, 0.5) is 0 Å². The summed E-state index contributed by atoms with van der Waals surface area (Å²) in [5.74, 6) is 0.288. The van der Waals surface area contributed by atoms with E-state index in [0.717, 1.165) is 12.0 Å². The van der Waals surface area contributed by atoms with E-state index in [1.807, 2.05) is 12.1 Å². The molecule has 0 aliphatic rings. The maximum absolute atomic E-state index is 11.6. The lowest BCUT2D eigenvalue weighted by atomic mass is 10.0. The van der Waals surface area contributed by atoms with E-state index in [9.17, 15) is 4.79 Å². The van der Waals surface area contributed by atoms with Gasteiger partial charge in [0.05, 0.1) is 0 Å². The largest absolute Gasteiger partial charge is 0.461 e. The fourth-order valence-corrected chi connectivity index (χ4v) is 1.87. The Hall–Kier alpha value is -1.02. The number of carbonyl (C=O) groups excluding carboxylic acids is 1. The van der Waals surface area contributed by atoms with Crippen LogP contribution in [0.3, 0.4) is 0 Å². The number of esters is 1. The summed E-state index contributed by atoms with van der Waals surface area (Å²) < 4.78 is 5.24. The second-order valence-electron chi connectivity index (χ2n) is 4.74. The molecule has 0 fully saturated rings. The maximum Gasteiger partial charge on any atom is 0.306 e. The van der Waals surface area contributed by atoms with Crippen LogP contribution in [0.15, 0.2) is 24.3 Å². The molecule has 0 radical (unpaired) electrons. The first-order valence-electron chi connectivity index (χ1n) is 6.52. The summed E-state index contributed by atoms with van der Waals surface area (Å²) in [6.45, 7) is 4.58. The van der Waals surface area contributed by atoms with E-state index in [2.05, 4.69) is 13.8 Å². The van der Waals surface area contributed by atoms with Crippen LogP contribution in [0.2, 0.25) is 5.02 Å². The zero-order valence-electron chi connectivity index (χ0n) is 11.1. The van der Waals surface area contributed by atoms with Gasteiger partial charge in [-0.3, -0.25) is 4.79 Å². The maximum atomic E-state index is 11.6. The summed E-state index contributed by atoms with van der Waals surface area (Å²) in [5.41, 5.74) is 0.967. The topological polar surface area (TPSA) is 26.3 Å². The molecule has 0 N–H and O–H groups in total. The molecule has 0 saturated carbocycles. The molecule has 0 saturated heterocycles. The van der Waals surface area contributed by atoms with Gasteiger partial charge < -0.3 is 4.74 Å².